The van der Waals surface area contributed by atoms with Gasteiger partial charge in [0, 0.05) is 5.56 Å². The van der Waals surface area contributed by atoms with Crippen LogP contribution in [0.1, 0.15) is 50.5 Å². The molecule has 2 saturated carbocycles. The first kappa shape index (κ1) is 16.5. The maximum Gasteiger partial charge on any atom is 0.319 e. The van der Waals surface area contributed by atoms with E-state index in [1.165, 1.54) is 0 Å². The number of halogens is 1. The average molecular weight is 365 g/mol. The van der Waals surface area contributed by atoms with E-state index in [0.29, 0.717) is 29.3 Å². The normalized spacial score (nSPS) is 26.8. The first-order valence-corrected chi connectivity index (χ1v) is 9.18. The van der Waals surface area contributed by atoms with Gasteiger partial charge in [0.25, 0.3) is 0 Å². The predicted molar refractivity (Wildman–Crippen MR) is 93.1 cm³/mol. The van der Waals surface area contributed by atoms with Crippen molar-refractivity contribution in [1.29, 1.82) is 0 Å². The number of carbonyl (C=O) groups excluding carboxylic acids is 1. The fourth-order valence-electron chi connectivity index (χ4n) is 4.25. The number of anilines is 1. The van der Waals surface area contributed by atoms with Crippen molar-refractivity contribution in [2.45, 2.75) is 56.6 Å². The summed E-state index contributed by atoms with van der Waals surface area (Å²) in [6.07, 6.45) is 5.86. The average Bonchev–Trinajstić information content (AvgIpc) is 2.53. The number of nitrogens with one attached hydrogen (secondary N) is 2. The lowest BCUT2D eigenvalue weighted by molar-refractivity contribution is -0.147. The number of ether oxygens (including phenoxy) is 1. The van der Waals surface area contributed by atoms with Crippen LogP contribution in [0.5, 0.6) is 5.75 Å². The largest absolute Gasteiger partial charge is 0.490 e. The SMILES string of the molecule is O=C1Nc2c(Cl)ccc(OC3CC(C(=O)O)C3)c2C2(CCCCC2)N1. The summed E-state index contributed by atoms with van der Waals surface area (Å²) in [7, 11) is 0. The van der Waals surface area contributed by atoms with Crippen molar-refractivity contribution >= 4 is 29.3 Å². The predicted octanol–water partition coefficient (Wildman–Crippen LogP) is 3.88. The Morgan fingerprint density at radius 1 is 1.24 bits per heavy atom. The Morgan fingerprint density at radius 2 is 1.96 bits per heavy atom. The molecule has 1 aliphatic heterocycles. The molecule has 1 aromatic carbocycles. The first-order chi connectivity index (χ1) is 12.0. The monoisotopic (exact) mass is 364 g/mol. The van der Waals surface area contributed by atoms with Crippen molar-refractivity contribution in [2.24, 2.45) is 5.92 Å². The van der Waals surface area contributed by atoms with E-state index in [0.717, 1.165) is 37.7 Å². The van der Waals surface area contributed by atoms with E-state index in [4.69, 9.17) is 21.4 Å². The van der Waals surface area contributed by atoms with Crippen LogP contribution in [0.3, 0.4) is 0 Å². The molecule has 134 valence electrons. The highest BCUT2D eigenvalue weighted by atomic mass is 35.5. The third kappa shape index (κ3) is 2.82. The standard InChI is InChI=1S/C18H21ClN2O4/c19-12-4-5-13(25-11-8-10(9-11)16(22)23)14-15(12)20-17(24)21-18(14)6-2-1-3-7-18/h4-5,10-11H,1-3,6-9H2,(H,22,23)(H2,20,21,24). The summed E-state index contributed by atoms with van der Waals surface area (Å²) in [6.45, 7) is 0. The molecule has 3 N–H and O–H groups in total. The third-order valence-corrected chi connectivity index (χ3v) is 5.95. The highest BCUT2D eigenvalue weighted by Gasteiger charge is 2.44. The van der Waals surface area contributed by atoms with Gasteiger partial charge in [-0.05, 0) is 37.8 Å². The van der Waals surface area contributed by atoms with Crippen LogP contribution in [0.15, 0.2) is 12.1 Å². The van der Waals surface area contributed by atoms with Crippen LogP contribution in [0, 0.1) is 5.92 Å². The number of hydrogen-bond donors (Lipinski definition) is 3. The van der Waals surface area contributed by atoms with Gasteiger partial charge in [0.2, 0.25) is 0 Å². The van der Waals surface area contributed by atoms with E-state index in [1.54, 1.807) is 6.07 Å². The minimum Gasteiger partial charge on any atom is -0.490 e. The van der Waals surface area contributed by atoms with Gasteiger partial charge >= 0.3 is 12.0 Å². The van der Waals surface area contributed by atoms with Crippen LogP contribution in [0.2, 0.25) is 5.02 Å². The van der Waals surface area contributed by atoms with E-state index >= 15 is 0 Å². The molecule has 1 spiro atoms. The lowest BCUT2D eigenvalue weighted by Crippen LogP contribution is -2.53. The van der Waals surface area contributed by atoms with Crippen molar-refractivity contribution in [3.05, 3.63) is 22.7 Å². The summed E-state index contributed by atoms with van der Waals surface area (Å²) in [5, 5.41) is 15.5. The van der Waals surface area contributed by atoms with Crippen LogP contribution in [-0.4, -0.2) is 23.2 Å². The molecule has 0 bridgehead atoms. The minimum atomic E-state index is -0.768. The van der Waals surface area contributed by atoms with Crippen LogP contribution in [-0.2, 0) is 10.3 Å². The zero-order valence-electron chi connectivity index (χ0n) is 13.8. The molecule has 25 heavy (non-hydrogen) atoms. The molecular weight excluding hydrogens is 344 g/mol. The summed E-state index contributed by atoms with van der Waals surface area (Å²) in [5.41, 5.74) is 1.09. The number of carboxylic acid groups (broad SMARTS) is 1. The maximum absolute atomic E-state index is 12.2. The second-order valence-electron chi connectivity index (χ2n) is 7.26. The molecule has 7 heteroatoms. The quantitative estimate of drug-likeness (QED) is 0.759. The van der Waals surface area contributed by atoms with Gasteiger partial charge in [-0.2, -0.15) is 0 Å². The van der Waals surface area contributed by atoms with Crippen molar-refractivity contribution in [2.75, 3.05) is 5.32 Å². The molecule has 1 heterocycles. The molecule has 0 saturated heterocycles. The summed E-state index contributed by atoms with van der Waals surface area (Å²) in [6, 6.07) is 3.33. The smallest absolute Gasteiger partial charge is 0.319 e. The summed E-state index contributed by atoms with van der Waals surface area (Å²) in [5.74, 6) is -0.395. The first-order valence-electron chi connectivity index (χ1n) is 8.80. The fraction of sp³-hybridized carbons (Fsp3) is 0.556. The van der Waals surface area contributed by atoms with E-state index < -0.39 is 11.5 Å². The summed E-state index contributed by atoms with van der Waals surface area (Å²) in [4.78, 5) is 23.2. The molecule has 2 fully saturated rings. The van der Waals surface area contributed by atoms with Crippen LogP contribution >= 0.6 is 11.6 Å². The Kier molecular flexibility index (Phi) is 4.02. The molecule has 1 aromatic rings. The zero-order valence-corrected chi connectivity index (χ0v) is 14.6. The summed E-state index contributed by atoms with van der Waals surface area (Å²) < 4.78 is 6.13. The number of carbonyl (C=O) groups is 2. The molecule has 2 aliphatic carbocycles. The highest BCUT2D eigenvalue weighted by molar-refractivity contribution is 6.34. The number of amides is 2. The number of hydrogen-bond acceptors (Lipinski definition) is 3. The molecule has 0 aromatic heterocycles. The minimum absolute atomic E-state index is 0.107. The molecular formula is C18H21ClN2O4. The van der Waals surface area contributed by atoms with Gasteiger partial charge in [-0.1, -0.05) is 30.9 Å². The number of urea groups is 1. The van der Waals surface area contributed by atoms with Crippen molar-refractivity contribution < 1.29 is 19.4 Å². The van der Waals surface area contributed by atoms with Crippen molar-refractivity contribution in [3.63, 3.8) is 0 Å². The van der Waals surface area contributed by atoms with E-state index in [1.807, 2.05) is 6.07 Å². The zero-order chi connectivity index (χ0) is 17.6. The Morgan fingerprint density at radius 3 is 2.64 bits per heavy atom. The van der Waals surface area contributed by atoms with Crippen LogP contribution < -0.4 is 15.4 Å². The number of benzene rings is 1. The van der Waals surface area contributed by atoms with Gasteiger partial charge in [0.1, 0.15) is 11.9 Å². The van der Waals surface area contributed by atoms with E-state index in [2.05, 4.69) is 10.6 Å². The molecule has 3 aliphatic rings. The molecule has 0 unspecified atom stereocenters. The molecule has 0 atom stereocenters. The summed E-state index contributed by atoms with van der Waals surface area (Å²) >= 11 is 6.36. The number of aliphatic carboxylic acids is 1. The van der Waals surface area contributed by atoms with Crippen LogP contribution in [0.25, 0.3) is 0 Å². The number of carboxylic acids is 1. The van der Waals surface area contributed by atoms with Gasteiger partial charge in [0.05, 0.1) is 22.2 Å². The Bertz CT molecular complexity index is 724. The van der Waals surface area contributed by atoms with Crippen molar-refractivity contribution in [3.8, 4) is 5.75 Å². The molecule has 0 radical (unpaired) electrons. The Hall–Kier alpha value is -1.95. The Balaban J connectivity index is 1.68. The maximum atomic E-state index is 12.2. The van der Waals surface area contributed by atoms with E-state index in [9.17, 15) is 9.59 Å². The third-order valence-electron chi connectivity index (χ3n) is 5.63. The Labute approximate surface area is 150 Å². The molecule has 4 rings (SSSR count). The van der Waals surface area contributed by atoms with E-state index in [-0.39, 0.29) is 18.1 Å². The number of rotatable bonds is 3. The van der Waals surface area contributed by atoms with Crippen molar-refractivity contribution in [1.82, 2.24) is 5.32 Å². The second-order valence-corrected chi connectivity index (χ2v) is 7.67. The molecule has 2 amide bonds. The van der Waals surface area contributed by atoms with Crippen LogP contribution in [0.4, 0.5) is 10.5 Å². The van der Waals surface area contributed by atoms with Gasteiger partial charge in [-0.15, -0.1) is 0 Å². The van der Waals surface area contributed by atoms with Gasteiger partial charge in [0.15, 0.2) is 0 Å². The number of fused-ring (bicyclic) bond motifs is 2. The highest BCUT2D eigenvalue weighted by Crippen LogP contribution is 2.50. The van der Waals surface area contributed by atoms with Gasteiger partial charge in [-0.25, -0.2) is 4.79 Å². The second kappa shape index (κ2) is 6.09. The van der Waals surface area contributed by atoms with Gasteiger partial charge in [-0.3, -0.25) is 4.79 Å². The topological polar surface area (TPSA) is 87.7 Å². The lowest BCUT2D eigenvalue weighted by atomic mass is 9.74. The molecule has 6 nitrogen and oxygen atoms in total. The fourth-order valence-corrected chi connectivity index (χ4v) is 4.46. The lowest BCUT2D eigenvalue weighted by Gasteiger charge is -2.44. The van der Waals surface area contributed by atoms with Gasteiger partial charge < -0.3 is 20.5 Å².